The molecule has 2 aromatic carbocycles. The summed E-state index contributed by atoms with van der Waals surface area (Å²) >= 11 is 0. The van der Waals surface area contributed by atoms with Crippen LogP contribution in [-0.4, -0.2) is 112 Å². The molecule has 0 spiro atoms. The van der Waals surface area contributed by atoms with Crippen LogP contribution < -0.4 is 5.32 Å². The maximum absolute atomic E-state index is 13.3. The Bertz CT molecular complexity index is 1720. The molecule has 0 bridgehead atoms. The van der Waals surface area contributed by atoms with E-state index in [1.807, 2.05) is 75.0 Å². The van der Waals surface area contributed by atoms with Crippen molar-refractivity contribution in [3.8, 4) is 22.4 Å². The summed E-state index contributed by atoms with van der Waals surface area (Å²) in [6, 6.07) is 13.4. The molecule has 46 heavy (non-hydrogen) atoms. The molecule has 1 aliphatic rings. The van der Waals surface area contributed by atoms with Crippen molar-refractivity contribution in [1.82, 2.24) is 34.0 Å². The summed E-state index contributed by atoms with van der Waals surface area (Å²) in [6.45, 7) is 7.56. The maximum Gasteiger partial charge on any atom is 0.291 e. The molecule has 12 nitrogen and oxygen atoms in total. The lowest BCUT2D eigenvalue weighted by Gasteiger charge is -2.35. The van der Waals surface area contributed by atoms with Crippen molar-refractivity contribution in [3.63, 3.8) is 0 Å². The van der Waals surface area contributed by atoms with Gasteiger partial charge >= 0.3 is 0 Å². The van der Waals surface area contributed by atoms with E-state index in [1.54, 1.807) is 45.9 Å². The Morgan fingerprint density at radius 1 is 0.935 bits per heavy atom. The van der Waals surface area contributed by atoms with Gasteiger partial charge < -0.3 is 29.3 Å². The average Bonchev–Trinajstić information content (AvgIpc) is 3.61. The van der Waals surface area contributed by atoms with Gasteiger partial charge in [-0.05, 0) is 62.8 Å². The van der Waals surface area contributed by atoms with E-state index in [1.165, 1.54) is 0 Å². The molecule has 4 aromatic rings. The van der Waals surface area contributed by atoms with Gasteiger partial charge in [-0.2, -0.15) is 5.10 Å². The molecule has 0 radical (unpaired) electrons. The fourth-order valence-electron chi connectivity index (χ4n) is 5.71. The van der Waals surface area contributed by atoms with Crippen molar-refractivity contribution in [2.45, 2.75) is 20.4 Å². The number of ether oxygens (including phenoxy) is 1. The van der Waals surface area contributed by atoms with Gasteiger partial charge in [0.25, 0.3) is 11.8 Å². The number of hydrogen-bond donors (Lipinski definition) is 1. The van der Waals surface area contributed by atoms with Crippen LogP contribution in [0.1, 0.15) is 32.2 Å². The van der Waals surface area contributed by atoms with Crippen LogP contribution in [0, 0.1) is 13.8 Å². The van der Waals surface area contributed by atoms with E-state index in [9.17, 15) is 14.4 Å². The summed E-state index contributed by atoms with van der Waals surface area (Å²) < 4.78 is 8.88. The summed E-state index contributed by atoms with van der Waals surface area (Å²) in [4.78, 5) is 48.7. The Labute approximate surface area is 269 Å². The first kappa shape index (κ1) is 32.6. The molecule has 0 atom stereocenters. The van der Waals surface area contributed by atoms with Crippen molar-refractivity contribution >= 4 is 23.4 Å². The molecule has 3 heterocycles. The third-order valence-corrected chi connectivity index (χ3v) is 8.38. The van der Waals surface area contributed by atoms with Crippen molar-refractivity contribution in [3.05, 3.63) is 77.5 Å². The van der Waals surface area contributed by atoms with Crippen LogP contribution in [0.25, 0.3) is 22.4 Å². The Hall–Kier alpha value is -4.81. The third-order valence-electron chi connectivity index (χ3n) is 8.38. The van der Waals surface area contributed by atoms with Gasteiger partial charge in [0.05, 0.1) is 37.8 Å². The van der Waals surface area contributed by atoms with Crippen LogP contribution in [0.5, 0.6) is 0 Å². The predicted molar refractivity (Wildman–Crippen MR) is 177 cm³/mol. The van der Waals surface area contributed by atoms with Crippen LogP contribution in [0.3, 0.4) is 0 Å². The average molecular weight is 627 g/mol. The molecule has 2 aromatic heterocycles. The van der Waals surface area contributed by atoms with Gasteiger partial charge in [-0.1, -0.05) is 24.3 Å². The number of aromatic nitrogens is 4. The molecule has 1 N–H and O–H groups in total. The smallest absolute Gasteiger partial charge is 0.291 e. The second-order valence-electron chi connectivity index (χ2n) is 11.9. The minimum Gasteiger partial charge on any atom is -0.383 e. The zero-order valence-electron chi connectivity index (χ0n) is 27.4. The van der Waals surface area contributed by atoms with Gasteiger partial charge in [-0.25, -0.2) is 4.98 Å². The lowest BCUT2D eigenvalue weighted by atomic mass is 10.0. The first-order valence-corrected chi connectivity index (χ1v) is 15.3. The number of likely N-dealkylation sites (N-methyl/N-ethyl adjacent to an activating group) is 1. The molecule has 5 rings (SSSR count). The number of nitrogens with one attached hydrogen (secondary N) is 1. The summed E-state index contributed by atoms with van der Waals surface area (Å²) in [6.07, 6.45) is 3.56. The largest absolute Gasteiger partial charge is 0.383 e. The number of hydrogen-bond acceptors (Lipinski definition) is 7. The van der Waals surface area contributed by atoms with Gasteiger partial charge in [0.2, 0.25) is 5.91 Å². The summed E-state index contributed by atoms with van der Waals surface area (Å²) in [5.41, 5.74) is 6.84. The van der Waals surface area contributed by atoms with Gasteiger partial charge in [-0.15, -0.1) is 0 Å². The summed E-state index contributed by atoms with van der Waals surface area (Å²) in [5, 5.41) is 7.41. The number of rotatable bonds is 10. The standard InChI is InChI=1S/C34H42N8O4/c1-23-19-27(11-12-28(23)34(45)41-15-13-40(14-16-41)31(43)22-38(3)4)37-33(44)32-35-21-30(39(32)5)26-9-7-25(8-10-26)29-20-36-42(24(29)2)17-18-46-6/h7-12,19-21H,13-18,22H2,1-6H3,(H,37,44). The lowest BCUT2D eigenvalue weighted by Crippen LogP contribution is -2.52. The molecule has 3 amide bonds. The molecule has 242 valence electrons. The highest BCUT2D eigenvalue weighted by Crippen LogP contribution is 2.27. The van der Waals surface area contributed by atoms with Crippen LogP contribution in [-0.2, 0) is 23.1 Å². The highest BCUT2D eigenvalue weighted by molar-refractivity contribution is 6.03. The van der Waals surface area contributed by atoms with E-state index < -0.39 is 0 Å². The van der Waals surface area contributed by atoms with Crippen molar-refractivity contribution in [1.29, 1.82) is 0 Å². The molecule has 0 aliphatic carbocycles. The van der Waals surface area contributed by atoms with E-state index >= 15 is 0 Å². The number of carbonyl (C=O) groups is 3. The minimum absolute atomic E-state index is 0.0691. The molecule has 0 unspecified atom stereocenters. The molecular weight excluding hydrogens is 584 g/mol. The summed E-state index contributed by atoms with van der Waals surface area (Å²) in [5.74, 6) is -0.0835. The van der Waals surface area contributed by atoms with Gasteiger partial charge in [0.1, 0.15) is 0 Å². The molecule has 12 heteroatoms. The van der Waals surface area contributed by atoms with Crippen LogP contribution in [0.4, 0.5) is 5.69 Å². The highest BCUT2D eigenvalue weighted by atomic mass is 16.5. The van der Waals surface area contributed by atoms with Gasteiger partial charge in [0.15, 0.2) is 5.82 Å². The summed E-state index contributed by atoms with van der Waals surface area (Å²) in [7, 11) is 7.23. The number of piperazine rings is 1. The quantitative estimate of drug-likeness (QED) is 0.287. The van der Waals surface area contributed by atoms with Crippen molar-refractivity contribution in [2.24, 2.45) is 7.05 Å². The number of carbonyl (C=O) groups excluding carboxylic acids is 3. The van der Waals surface area contributed by atoms with Gasteiger partial charge in [0, 0.05) is 62.8 Å². The van der Waals surface area contributed by atoms with E-state index in [-0.39, 0.29) is 23.5 Å². The normalized spacial score (nSPS) is 13.4. The van der Waals surface area contributed by atoms with Gasteiger partial charge in [-0.3, -0.25) is 19.1 Å². The fraction of sp³-hybridized carbons (Fsp3) is 0.382. The van der Waals surface area contributed by atoms with Crippen LogP contribution in [0.15, 0.2) is 54.9 Å². The van der Waals surface area contributed by atoms with E-state index in [4.69, 9.17) is 4.74 Å². The number of nitrogens with zero attached hydrogens (tertiary/aromatic N) is 7. The topological polar surface area (TPSA) is 118 Å². The maximum atomic E-state index is 13.3. The zero-order chi connectivity index (χ0) is 33.0. The number of benzene rings is 2. The van der Waals surface area contributed by atoms with E-state index in [0.717, 1.165) is 33.6 Å². The molecule has 1 saturated heterocycles. The van der Waals surface area contributed by atoms with Crippen molar-refractivity contribution in [2.75, 3.05) is 65.9 Å². The lowest BCUT2D eigenvalue weighted by molar-refractivity contribution is -0.133. The number of amides is 3. The SMILES string of the molecule is COCCn1ncc(-c2ccc(-c3cnc(C(=O)Nc4ccc(C(=O)N5CCN(C(=O)CN(C)C)CC5)c(C)c4)n3C)cc2)c1C. The number of aryl methyl sites for hydroxylation is 1. The molecule has 1 fully saturated rings. The Kier molecular flexibility index (Phi) is 9.98. The highest BCUT2D eigenvalue weighted by Gasteiger charge is 2.26. The minimum atomic E-state index is -0.346. The fourth-order valence-corrected chi connectivity index (χ4v) is 5.71. The van der Waals surface area contributed by atoms with Crippen molar-refractivity contribution < 1.29 is 19.1 Å². The predicted octanol–water partition coefficient (Wildman–Crippen LogP) is 3.31. The van der Waals surface area contributed by atoms with Crippen LogP contribution in [0.2, 0.25) is 0 Å². The first-order valence-electron chi connectivity index (χ1n) is 15.3. The number of anilines is 1. The monoisotopic (exact) mass is 626 g/mol. The third kappa shape index (κ3) is 7.03. The van der Waals surface area contributed by atoms with E-state index in [2.05, 4.69) is 15.4 Å². The molecule has 0 saturated carbocycles. The Balaban J connectivity index is 1.21. The zero-order valence-corrected chi connectivity index (χ0v) is 27.4. The first-order chi connectivity index (χ1) is 22.1. The second-order valence-corrected chi connectivity index (χ2v) is 11.9. The Morgan fingerprint density at radius 2 is 1.61 bits per heavy atom. The second kappa shape index (κ2) is 14.1. The van der Waals surface area contributed by atoms with E-state index in [0.29, 0.717) is 57.1 Å². The Morgan fingerprint density at radius 3 is 2.26 bits per heavy atom. The number of methoxy groups -OCH3 is 1. The number of imidazole rings is 1. The molecular formula is C34H42N8O4. The van der Waals surface area contributed by atoms with Crippen LogP contribution >= 0.6 is 0 Å². The molecule has 1 aliphatic heterocycles.